The molecule has 0 unspecified atom stereocenters. The second-order valence-corrected chi connectivity index (χ2v) is 3.53. The van der Waals surface area contributed by atoms with E-state index in [1.807, 2.05) is 0 Å². The summed E-state index contributed by atoms with van der Waals surface area (Å²) in [5, 5.41) is 19.8. The number of nitrogens with zero attached hydrogens (tertiary/aromatic N) is 5. The van der Waals surface area contributed by atoms with E-state index < -0.39 is 16.5 Å². The van der Waals surface area contributed by atoms with Crippen molar-refractivity contribution in [3.63, 3.8) is 0 Å². The average molecular weight is 281 g/mol. The Hall–Kier alpha value is -2.68. The van der Waals surface area contributed by atoms with Crippen LogP contribution >= 0.6 is 11.6 Å². The molecule has 2 rings (SSSR count). The van der Waals surface area contributed by atoms with Crippen LogP contribution in [-0.4, -0.2) is 31.0 Å². The van der Waals surface area contributed by atoms with Crippen LogP contribution in [0.1, 0.15) is 10.4 Å². The van der Waals surface area contributed by atoms with Crippen LogP contribution in [0, 0.1) is 10.1 Å². The predicted molar refractivity (Wildman–Crippen MR) is 63.7 cm³/mol. The molecule has 9 nitrogen and oxygen atoms in total. The first-order valence-electron chi connectivity index (χ1n) is 4.83. The highest BCUT2D eigenvalue weighted by Gasteiger charge is 2.25. The Labute approximate surface area is 110 Å². The summed E-state index contributed by atoms with van der Waals surface area (Å²) < 4.78 is 0. The van der Waals surface area contributed by atoms with E-state index in [1.165, 1.54) is 24.7 Å². The summed E-state index contributed by atoms with van der Waals surface area (Å²) in [5.74, 6) is -0.848. The normalized spacial score (nSPS) is 9.95. The van der Waals surface area contributed by atoms with Gasteiger partial charge < -0.3 is 0 Å². The Morgan fingerprint density at radius 2 is 2.11 bits per heavy atom. The largest absolute Gasteiger partial charge is 0.319 e. The lowest BCUT2D eigenvalue weighted by Crippen LogP contribution is -2.16. The van der Waals surface area contributed by atoms with Gasteiger partial charge in [0.25, 0.3) is 5.91 Å². The van der Waals surface area contributed by atoms with Crippen molar-refractivity contribution in [2.45, 2.75) is 0 Å². The van der Waals surface area contributed by atoms with E-state index in [4.69, 9.17) is 11.6 Å². The third-order valence-corrected chi connectivity index (χ3v) is 2.29. The van der Waals surface area contributed by atoms with Crippen molar-refractivity contribution < 1.29 is 9.72 Å². The average Bonchev–Trinajstić information content (AvgIpc) is 2.39. The molecule has 2 aromatic rings. The zero-order chi connectivity index (χ0) is 13.8. The number of pyridine rings is 1. The molecular formula is C9H5ClN6O3. The Bertz CT molecular complexity index is 635. The van der Waals surface area contributed by atoms with Crippen molar-refractivity contribution in [3.8, 4) is 0 Å². The van der Waals surface area contributed by atoms with Crippen molar-refractivity contribution in [2.75, 3.05) is 5.32 Å². The smallest absolute Gasteiger partial charge is 0.289 e. The number of nitrogens with one attached hydrogen (secondary N) is 1. The van der Waals surface area contributed by atoms with Crippen LogP contribution in [-0.2, 0) is 0 Å². The fourth-order valence-corrected chi connectivity index (χ4v) is 1.49. The zero-order valence-electron chi connectivity index (χ0n) is 9.15. The van der Waals surface area contributed by atoms with E-state index >= 15 is 0 Å². The van der Waals surface area contributed by atoms with Gasteiger partial charge in [0.15, 0.2) is 0 Å². The Kier molecular flexibility index (Phi) is 3.57. The van der Waals surface area contributed by atoms with Gasteiger partial charge in [0.2, 0.25) is 11.1 Å². The summed E-state index contributed by atoms with van der Waals surface area (Å²) >= 11 is 5.60. The van der Waals surface area contributed by atoms with Crippen LogP contribution in [0.2, 0.25) is 5.15 Å². The van der Waals surface area contributed by atoms with Gasteiger partial charge in [0.05, 0.1) is 17.3 Å². The maximum absolute atomic E-state index is 11.9. The van der Waals surface area contributed by atoms with Crippen molar-refractivity contribution >= 4 is 29.1 Å². The number of hydrogen-bond acceptors (Lipinski definition) is 7. The van der Waals surface area contributed by atoms with E-state index in [9.17, 15) is 14.9 Å². The molecule has 0 aliphatic heterocycles. The number of aromatic nitrogens is 4. The first-order valence-corrected chi connectivity index (χ1v) is 5.21. The minimum absolute atomic E-state index is 0.0743. The van der Waals surface area contributed by atoms with Crippen molar-refractivity contribution in [1.82, 2.24) is 20.2 Å². The molecule has 0 atom stereocenters. The van der Waals surface area contributed by atoms with Gasteiger partial charge in [-0.15, -0.1) is 5.10 Å². The summed E-state index contributed by atoms with van der Waals surface area (Å²) in [4.78, 5) is 29.2. The highest BCUT2D eigenvalue weighted by molar-refractivity contribution is 6.32. The molecule has 1 N–H and O–H groups in total. The van der Waals surface area contributed by atoms with E-state index in [2.05, 4.69) is 25.5 Å². The molecule has 0 spiro atoms. The molecule has 0 saturated heterocycles. The van der Waals surface area contributed by atoms with Crippen molar-refractivity contribution in [2.24, 2.45) is 0 Å². The molecule has 2 heterocycles. The highest BCUT2D eigenvalue weighted by atomic mass is 35.5. The third kappa shape index (κ3) is 2.77. The molecule has 0 aromatic carbocycles. The predicted octanol–water partition coefficient (Wildman–Crippen LogP) is 1.08. The monoisotopic (exact) mass is 280 g/mol. The van der Waals surface area contributed by atoms with E-state index in [-0.39, 0.29) is 16.7 Å². The molecule has 1 amide bonds. The fourth-order valence-electron chi connectivity index (χ4n) is 1.26. The van der Waals surface area contributed by atoms with Gasteiger partial charge >= 0.3 is 5.69 Å². The number of rotatable bonds is 3. The Morgan fingerprint density at radius 1 is 1.32 bits per heavy atom. The molecule has 0 radical (unpaired) electrons. The SMILES string of the molecule is O=C(Nc1nccnn1)c1ccnc(Cl)c1[N+](=O)[O-]. The van der Waals surface area contributed by atoms with Gasteiger partial charge in [-0.3, -0.25) is 20.2 Å². The van der Waals surface area contributed by atoms with Crippen LogP contribution in [0.15, 0.2) is 24.7 Å². The molecule has 96 valence electrons. The van der Waals surface area contributed by atoms with Gasteiger partial charge in [0.1, 0.15) is 5.56 Å². The second kappa shape index (κ2) is 5.31. The quantitative estimate of drug-likeness (QED) is 0.506. The molecule has 0 aliphatic carbocycles. The first kappa shape index (κ1) is 12.8. The summed E-state index contributed by atoms with van der Waals surface area (Å²) in [6, 6.07) is 1.18. The lowest BCUT2D eigenvalue weighted by atomic mass is 10.2. The topological polar surface area (TPSA) is 124 Å². The van der Waals surface area contributed by atoms with Crippen LogP contribution in [0.5, 0.6) is 0 Å². The second-order valence-electron chi connectivity index (χ2n) is 3.18. The lowest BCUT2D eigenvalue weighted by molar-refractivity contribution is -0.385. The molecule has 0 fully saturated rings. The molecular weight excluding hydrogens is 276 g/mol. The molecule has 0 aliphatic rings. The number of hydrogen-bond donors (Lipinski definition) is 1. The van der Waals surface area contributed by atoms with Crippen LogP contribution < -0.4 is 5.32 Å². The maximum Gasteiger partial charge on any atom is 0.319 e. The van der Waals surface area contributed by atoms with Crippen molar-refractivity contribution in [3.05, 3.63) is 45.5 Å². The number of carbonyl (C=O) groups is 1. The van der Waals surface area contributed by atoms with E-state index in [1.54, 1.807) is 0 Å². The fraction of sp³-hybridized carbons (Fsp3) is 0. The summed E-state index contributed by atoms with van der Waals surface area (Å²) in [6.07, 6.45) is 3.83. The van der Waals surface area contributed by atoms with Crippen LogP contribution in [0.3, 0.4) is 0 Å². The molecule has 0 saturated carbocycles. The summed E-state index contributed by atoms with van der Waals surface area (Å²) in [5.41, 5.74) is -0.817. The van der Waals surface area contributed by atoms with Gasteiger partial charge in [-0.2, -0.15) is 5.10 Å². The summed E-state index contributed by atoms with van der Waals surface area (Å²) in [7, 11) is 0. The molecule has 0 bridgehead atoms. The van der Waals surface area contributed by atoms with Gasteiger partial charge in [0, 0.05) is 6.20 Å². The van der Waals surface area contributed by atoms with Gasteiger partial charge in [-0.1, -0.05) is 11.6 Å². The molecule has 19 heavy (non-hydrogen) atoms. The number of anilines is 1. The van der Waals surface area contributed by atoms with Crippen molar-refractivity contribution in [1.29, 1.82) is 0 Å². The van der Waals surface area contributed by atoms with Crippen LogP contribution in [0.4, 0.5) is 11.6 Å². The van der Waals surface area contributed by atoms with Crippen LogP contribution in [0.25, 0.3) is 0 Å². The Balaban J connectivity index is 2.35. The lowest BCUT2D eigenvalue weighted by Gasteiger charge is -2.03. The van der Waals surface area contributed by atoms with Gasteiger partial charge in [-0.25, -0.2) is 9.97 Å². The summed E-state index contributed by atoms with van der Waals surface area (Å²) in [6.45, 7) is 0. The maximum atomic E-state index is 11.9. The third-order valence-electron chi connectivity index (χ3n) is 2.01. The molecule has 2 aromatic heterocycles. The molecule has 10 heteroatoms. The number of nitro groups is 1. The number of carbonyl (C=O) groups excluding carboxylic acids is 1. The standard InChI is InChI=1S/C9H5ClN6O3/c10-7-6(16(18)19)5(1-2-11-7)8(17)14-9-12-3-4-13-15-9/h1-4H,(H,12,14,15,17). The number of halogens is 1. The minimum Gasteiger partial charge on any atom is -0.289 e. The van der Waals surface area contributed by atoms with Gasteiger partial charge in [-0.05, 0) is 6.07 Å². The van der Waals surface area contributed by atoms with E-state index in [0.29, 0.717) is 0 Å². The minimum atomic E-state index is -0.783. The number of amides is 1. The highest BCUT2D eigenvalue weighted by Crippen LogP contribution is 2.26. The first-order chi connectivity index (χ1) is 9.09. The Morgan fingerprint density at radius 3 is 2.74 bits per heavy atom. The van der Waals surface area contributed by atoms with E-state index in [0.717, 1.165) is 0 Å². The zero-order valence-corrected chi connectivity index (χ0v) is 9.90.